The van der Waals surface area contributed by atoms with Gasteiger partial charge in [-0.25, -0.2) is 4.39 Å². The number of rotatable bonds is 6. The van der Waals surface area contributed by atoms with E-state index in [1.807, 2.05) is 41.3 Å². The Hall–Kier alpha value is -2.49. The number of likely N-dealkylation sites (tertiary alicyclic amines) is 1. The number of furan rings is 1. The number of benzene rings is 2. The number of hydrogen-bond donors (Lipinski definition) is 1. The van der Waals surface area contributed by atoms with Crippen LogP contribution in [0.5, 0.6) is 0 Å². The third kappa shape index (κ3) is 6.31. The van der Waals surface area contributed by atoms with Crippen molar-refractivity contribution in [3.05, 3.63) is 84.7 Å². The SMILES string of the molecule is O=C(O)C1CN(Cc2ccc(-c3cc4ccccc4o3)c(F)c2)C1.[CH-]=CC=[C-]C1(C)CC1.[W+2]. The van der Waals surface area contributed by atoms with E-state index in [1.54, 1.807) is 12.1 Å². The first-order valence-corrected chi connectivity index (χ1v) is 10.7. The Labute approximate surface area is 208 Å². The Morgan fingerprint density at radius 2 is 2.00 bits per heavy atom. The number of para-hydroxylation sites is 1. The van der Waals surface area contributed by atoms with Crippen molar-refractivity contribution < 1.29 is 39.8 Å². The summed E-state index contributed by atoms with van der Waals surface area (Å²) in [6.07, 6.45) is 9.06. The molecule has 1 aliphatic carbocycles. The maximum atomic E-state index is 14.5. The van der Waals surface area contributed by atoms with Gasteiger partial charge in [-0.15, -0.1) is 5.41 Å². The number of hydrogen-bond acceptors (Lipinski definition) is 3. The molecular formula is C27H26FNO3W. The van der Waals surface area contributed by atoms with E-state index < -0.39 is 5.97 Å². The molecule has 1 saturated heterocycles. The van der Waals surface area contributed by atoms with E-state index in [0.717, 1.165) is 16.5 Å². The fraction of sp³-hybridized carbons (Fsp3) is 0.296. The Morgan fingerprint density at radius 3 is 2.61 bits per heavy atom. The van der Waals surface area contributed by atoms with E-state index in [9.17, 15) is 9.18 Å². The molecule has 0 bridgehead atoms. The monoisotopic (exact) mass is 615 g/mol. The number of carboxylic acids is 1. The average Bonchev–Trinajstić information content (AvgIpc) is 3.31. The van der Waals surface area contributed by atoms with Gasteiger partial charge in [-0.3, -0.25) is 9.69 Å². The van der Waals surface area contributed by atoms with Crippen molar-refractivity contribution in [2.75, 3.05) is 13.1 Å². The molecule has 6 heteroatoms. The predicted octanol–water partition coefficient (Wildman–Crippen LogP) is 5.89. The number of carboxylic acid groups (broad SMARTS) is 1. The molecule has 0 unspecified atom stereocenters. The van der Waals surface area contributed by atoms with Crippen LogP contribution in [0.15, 0.2) is 65.1 Å². The molecule has 33 heavy (non-hydrogen) atoms. The van der Waals surface area contributed by atoms with Crippen molar-refractivity contribution in [1.82, 2.24) is 4.90 Å². The first-order valence-electron chi connectivity index (χ1n) is 10.7. The predicted molar refractivity (Wildman–Crippen MR) is 122 cm³/mol. The number of aliphatic carboxylic acids is 1. The van der Waals surface area contributed by atoms with Crippen LogP contribution in [0.3, 0.4) is 0 Å². The van der Waals surface area contributed by atoms with Gasteiger partial charge in [0.25, 0.3) is 0 Å². The van der Waals surface area contributed by atoms with Crippen molar-refractivity contribution in [1.29, 1.82) is 0 Å². The third-order valence-corrected chi connectivity index (χ3v) is 5.97. The summed E-state index contributed by atoms with van der Waals surface area (Å²) in [5.74, 6) is -0.890. The quantitative estimate of drug-likeness (QED) is 0.278. The molecule has 1 aliphatic heterocycles. The number of halogens is 1. The summed E-state index contributed by atoms with van der Waals surface area (Å²) in [6, 6.07) is 14.5. The molecule has 2 heterocycles. The van der Waals surface area contributed by atoms with Crippen LogP contribution >= 0.6 is 0 Å². The van der Waals surface area contributed by atoms with Gasteiger partial charge in [0.2, 0.25) is 0 Å². The smallest absolute Gasteiger partial charge is 0.481 e. The van der Waals surface area contributed by atoms with E-state index in [0.29, 0.717) is 36.4 Å². The zero-order valence-electron chi connectivity index (χ0n) is 18.5. The molecule has 1 aromatic heterocycles. The summed E-state index contributed by atoms with van der Waals surface area (Å²) in [5.41, 5.74) is 2.38. The van der Waals surface area contributed by atoms with Crippen LogP contribution in [0.1, 0.15) is 25.3 Å². The van der Waals surface area contributed by atoms with E-state index in [2.05, 4.69) is 13.0 Å². The van der Waals surface area contributed by atoms with Crippen LogP contribution in [0.4, 0.5) is 4.39 Å². The maximum absolute atomic E-state index is 14.5. The Morgan fingerprint density at radius 1 is 1.27 bits per heavy atom. The Balaban J connectivity index is 0.000000290. The fourth-order valence-corrected chi connectivity index (χ4v) is 3.67. The second-order valence-electron chi connectivity index (χ2n) is 8.76. The Kier molecular flexibility index (Phi) is 8.09. The molecule has 0 radical (unpaired) electrons. The molecular weight excluding hydrogens is 589 g/mol. The molecule has 2 aliphatic rings. The van der Waals surface area contributed by atoms with Crippen LogP contribution in [-0.2, 0) is 32.4 Å². The number of fused-ring (bicyclic) bond motifs is 1. The Bertz CT molecular complexity index is 1130. The fourth-order valence-electron chi connectivity index (χ4n) is 3.67. The van der Waals surface area contributed by atoms with Gasteiger partial charge >= 0.3 is 27.0 Å². The first-order chi connectivity index (χ1) is 15.4. The minimum Gasteiger partial charge on any atom is -0.481 e. The van der Waals surface area contributed by atoms with Crippen LogP contribution in [0.25, 0.3) is 22.3 Å². The number of nitrogens with zero attached hydrogens (tertiary/aromatic N) is 1. The molecule has 2 fully saturated rings. The molecule has 0 atom stereocenters. The van der Waals surface area contributed by atoms with Crippen molar-refractivity contribution in [2.24, 2.45) is 11.3 Å². The third-order valence-electron chi connectivity index (χ3n) is 5.97. The van der Waals surface area contributed by atoms with E-state index in [4.69, 9.17) is 16.1 Å². The molecule has 4 nitrogen and oxygen atoms in total. The van der Waals surface area contributed by atoms with Crippen molar-refractivity contribution >= 4 is 16.9 Å². The zero-order chi connectivity index (χ0) is 22.7. The zero-order valence-corrected chi connectivity index (χ0v) is 21.4. The van der Waals surface area contributed by atoms with Crippen LogP contribution in [-0.4, -0.2) is 29.1 Å². The minimum absolute atomic E-state index is 0. The van der Waals surface area contributed by atoms with Gasteiger partial charge in [-0.2, -0.15) is 0 Å². The number of allylic oxidation sites excluding steroid dienone is 3. The molecule has 1 N–H and O–H groups in total. The van der Waals surface area contributed by atoms with Crippen molar-refractivity contribution in [3.63, 3.8) is 0 Å². The van der Waals surface area contributed by atoms with E-state index in [-0.39, 0.29) is 32.8 Å². The molecule has 170 valence electrons. The summed E-state index contributed by atoms with van der Waals surface area (Å²) >= 11 is 0. The molecule has 3 aromatic rings. The largest absolute Gasteiger partial charge is 2.00 e. The summed E-state index contributed by atoms with van der Waals surface area (Å²) in [6.45, 7) is 8.90. The average molecular weight is 615 g/mol. The second kappa shape index (κ2) is 10.6. The first kappa shape index (κ1) is 25.1. The molecule has 5 rings (SSSR count). The van der Waals surface area contributed by atoms with Gasteiger partial charge in [-0.05, 0) is 29.8 Å². The second-order valence-corrected chi connectivity index (χ2v) is 8.76. The summed E-state index contributed by atoms with van der Waals surface area (Å²) in [4.78, 5) is 12.8. The molecule has 1 saturated carbocycles. The topological polar surface area (TPSA) is 53.7 Å². The van der Waals surface area contributed by atoms with Crippen LogP contribution < -0.4 is 0 Å². The number of carbonyl (C=O) groups is 1. The summed E-state index contributed by atoms with van der Waals surface area (Å²) < 4.78 is 20.2. The van der Waals surface area contributed by atoms with Gasteiger partial charge < -0.3 is 34.3 Å². The maximum Gasteiger partial charge on any atom is 2.00 e. The molecule has 2 aromatic carbocycles. The molecule has 0 amide bonds. The van der Waals surface area contributed by atoms with Gasteiger partial charge in [0.05, 0.1) is 11.5 Å². The summed E-state index contributed by atoms with van der Waals surface area (Å²) in [5, 5.41) is 9.83. The van der Waals surface area contributed by atoms with E-state index in [1.165, 1.54) is 25.0 Å². The standard InChI is InChI=1S/C19H16FNO3.C8H10.W/c20-16-7-12(9-21-10-14(11-21)19(22)23)5-6-15(16)18-8-13-3-1-2-4-17(13)24-18;1-3-4-5-8(2)6-7-8;/h1-8,14H,9-11H2,(H,22,23);1,3-4H,6-7H2,2H3;/q;-2;+2. The van der Waals surface area contributed by atoms with Gasteiger partial charge in [-0.1, -0.05) is 44.0 Å². The van der Waals surface area contributed by atoms with Gasteiger partial charge in [0, 0.05) is 25.0 Å². The summed E-state index contributed by atoms with van der Waals surface area (Å²) in [7, 11) is 0. The van der Waals surface area contributed by atoms with Gasteiger partial charge in [0.1, 0.15) is 17.2 Å². The van der Waals surface area contributed by atoms with E-state index >= 15 is 0 Å². The normalized spacial score (nSPS) is 17.0. The van der Waals surface area contributed by atoms with Crippen LogP contribution in [0, 0.1) is 29.8 Å². The van der Waals surface area contributed by atoms with Crippen molar-refractivity contribution in [3.8, 4) is 11.3 Å². The van der Waals surface area contributed by atoms with Gasteiger partial charge in [0.15, 0.2) is 0 Å². The van der Waals surface area contributed by atoms with Crippen molar-refractivity contribution in [2.45, 2.75) is 26.3 Å². The minimum atomic E-state index is -0.766. The van der Waals surface area contributed by atoms with Crippen LogP contribution in [0.2, 0.25) is 0 Å². The molecule has 0 spiro atoms.